The summed E-state index contributed by atoms with van der Waals surface area (Å²) in [5.41, 5.74) is 5.31. The van der Waals surface area contributed by atoms with Crippen LogP contribution in [0, 0.1) is 5.82 Å². The van der Waals surface area contributed by atoms with E-state index in [1.54, 1.807) is 29.5 Å². The first-order chi connectivity index (χ1) is 16.9. The molecular weight excluding hydrogens is 478 g/mol. The Kier molecular flexibility index (Phi) is 5.45. The van der Waals surface area contributed by atoms with E-state index in [1.807, 2.05) is 0 Å². The van der Waals surface area contributed by atoms with Crippen molar-refractivity contribution in [3.8, 4) is 11.3 Å². The zero-order valence-electron chi connectivity index (χ0n) is 19.7. The van der Waals surface area contributed by atoms with E-state index in [0.717, 1.165) is 24.4 Å². The number of carbonyl (C=O) groups excluding carboxylic acids is 1. The molecule has 12 heteroatoms. The third-order valence-corrected chi connectivity index (χ3v) is 7.07. The second-order valence-corrected chi connectivity index (χ2v) is 9.91. The van der Waals surface area contributed by atoms with Crippen molar-refractivity contribution in [2.75, 3.05) is 18.8 Å². The maximum Gasteiger partial charge on any atom is 0.419 e. The van der Waals surface area contributed by atoms with Crippen LogP contribution in [0.15, 0.2) is 36.7 Å². The van der Waals surface area contributed by atoms with Gasteiger partial charge in [0, 0.05) is 42.5 Å². The molecule has 1 spiro atoms. The van der Waals surface area contributed by atoms with Crippen LogP contribution in [0.3, 0.4) is 0 Å². The molecule has 8 nitrogen and oxygen atoms in total. The molecule has 1 fully saturated rings. The summed E-state index contributed by atoms with van der Waals surface area (Å²) < 4.78 is 54.9. The van der Waals surface area contributed by atoms with E-state index in [-0.39, 0.29) is 17.0 Å². The second-order valence-electron chi connectivity index (χ2n) is 9.91. The predicted octanol–water partition coefficient (Wildman–Crippen LogP) is 4.07. The lowest BCUT2D eigenvalue weighted by molar-refractivity contribution is -0.137. The SMILES string of the molecule is CC(C)(NC(=O)N1CC[C@@]2(CCn3nc(-c4cnc(N)c(C(F)(F)F)c4)cc32)C1)c1ccc(F)cn1. The van der Waals surface area contributed by atoms with Gasteiger partial charge in [0.05, 0.1) is 28.7 Å². The second kappa shape index (κ2) is 8.17. The molecule has 190 valence electrons. The number of pyridine rings is 2. The third-order valence-electron chi connectivity index (χ3n) is 7.07. The highest BCUT2D eigenvalue weighted by Gasteiger charge is 2.47. The van der Waals surface area contributed by atoms with Crippen LogP contribution in [0.25, 0.3) is 11.3 Å². The molecule has 2 aliphatic rings. The monoisotopic (exact) mass is 503 g/mol. The van der Waals surface area contributed by atoms with Gasteiger partial charge in [0.25, 0.3) is 0 Å². The van der Waals surface area contributed by atoms with Crippen LogP contribution in [0.5, 0.6) is 0 Å². The minimum Gasteiger partial charge on any atom is -0.383 e. The topological polar surface area (TPSA) is 102 Å². The Labute approximate surface area is 204 Å². The molecule has 36 heavy (non-hydrogen) atoms. The summed E-state index contributed by atoms with van der Waals surface area (Å²) in [6.45, 7) is 5.16. The Hall–Kier alpha value is -3.70. The summed E-state index contributed by atoms with van der Waals surface area (Å²) in [5, 5.41) is 7.49. The van der Waals surface area contributed by atoms with Crippen LogP contribution in [0.2, 0.25) is 0 Å². The molecule has 0 aromatic carbocycles. The number of nitrogens with zero attached hydrogens (tertiary/aromatic N) is 5. The summed E-state index contributed by atoms with van der Waals surface area (Å²) in [6, 6.07) is 5.32. The molecule has 2 aliphatic heterocycles. The van der Waals surface area contributed by atoms with Crippen molar-refractivity contribution < 1.29 is 22.4 Å². The molecule has 2 amide bonds. The number of fused-ring (bicyclic) bond motifs is 2. The van der Waals surface area contributed by atoms with E-state index < -0.39 is 28.9 Å². The van der Waals surface area contributed by atoms with Crippen molar-refractivity contribution in [2.24, 2.45) is 0 Å². The normalized spacial score (nSPS) is 19.7. The highest BCUT2D eigenvalue weighted by molar-refractivity contribution is 5.76. The molecule has 3 aromatic rings. The number of halogens is 4. The molecule has 5 rings (SSSR count). The summed E-state index contributed by atoms with van der Waals surface area (Å²) >= 11 is 0. The lowest BCUT2D eigenvalue weighted by atomic mass is 9.82. The lowest BCUT2D eigenvalue weighted by Crippen LogP contribution is -2.48. The van der Waals surface area contributed by atoms with Crippen LogP contribution in [0.1, 0.15) is 43.6 Å². The van der Waals surface area contributed by atoms with Crippen molar-refractivity contribution >= 4 is 11.8 Å². The van der Waals surface area contributed by atoms with Gasteiger partial charge in [-0.05, 0) is 51.0 Å². The molecule has 1 atom stereocenters. The number of nitrogen functional groups attached to an aromatic ring is 1. The fourth-order valence-corrected chi connectivity index (χ4v) is 5.06. The Balaban J connectivity index is 1.35. The van der Waals surface area contributed by atoms with E-state index in [0.29, 0.717) is 37.4 Å². The van der Waals surface area contributed by atoms with Gasteiger partial charge in [-0.1, -0.05) is 0 Å². The maximum atomic E-state index is 13.3. The number of hydrogen-bond donors (Lipinski definition) is 2. The number of amides is 2. The van der Waals surface area contributed by atoms with Crippen LogP contribution in [-0.2, 0) is 23.7 Å². The van der Waals surface area contributed by atoms with Gasteiger partial charge in [0.1, 0.15) is 11.6 Å². The minimum absolute atomic E-state index is 0.231. The molecule has 3 aromatic heterocycles. The zero-order chi connectivity index (χ0) is 25.9. The smallest absolute Gasteiger partial charge is 0.383 e. The van der Waals surface area contributed by atoms with Crippen LogP contribution in [-0.4, -0.2) is 43.8 Å². The molecule has 0 radical (unpaired) electrons. The molecule has 0 unspecified atom stereocenters. The van der Waals surface area contributed by atoms with Crippen molar-refractivity contribution in [2.45, 2.75) is 50.4 Å². The third kappa shape index (κ3) is 4.14. The number of nitrogens with one attached hydrogen (secondary N) is 1. The number of nitrogens with two attached hydrogens (primary N) is 1. The number of urea groups is 1. The standard InChI is InChI=1S/C24H25F4N7O/c1-22(2,18-4-3-15(25)12-30-18)32-21(36)34-7-5-23(13-34)6-8-35-19(23)10-17(33-35)14-9-16(24(26,27)28)20(29)31-11-14/h3-4,9-12H,5-8,13H2,1-2H3,(H2,29,31)(H,32,36)/t23-/m1/s1. The van der Waals surface area contributed by atoms with E-state index in [2.05, 4.69) is 20.4 Å². The number of likely N-dealkylation sites (tertiary alicyclic amines) is 1. The highest BCUT2D eigenvalue weighted by Crippen LogP contribution is 2.44. The zero-order valence-corrected chi connectivity index (χ0v) is 19.7. The molecule has 3 N–H and O–H groups in total. The van der Waals surface area contributed by atoms with E-state index in [4.69, 9.17) is 5.73 Å². The average molecular weight is 504 g/mol. The number of anilines is 1. The van der Waals surface area contributed by atoms with Crippen LogP contribution < -0.4 is 11.1 Å². The molecule has 5 heterocycles. The fraction of sp³-hybridized carbons (Fsp3) is 0.417. The Bertz CT molecular complexity index is 1320. The first-order valence-corrected chi connectivity index (χ1v) is 11.5. The van der Waals surface area contributed by atoms with E-state index >= 15 is 0 Å². The molecule has 1 saturated heterocycles. The van der Waals surface area contributed by atoms with Crippen molar-refractivity contribution in [1.29, 1.82) is 0 Å². The van der Waals surface area contributed by atoms with Crippen molar-refractivity contribution in [3.05, 3.63) is 59.4 Å². The quantitative estimate of drug-likeness (QED) is 0.525. The summed E-state index contributed by atoms with van der Waals surface area (Å²) in [6.07, 6.45) is -0.743. The summed E-state index contributed by atoms with van der Waals surface area (Å²) in [4.78, 5) is 22.6. The van der Waals surface area contributed by atoms with Gasteiger partial charge in [-0.15, -0.1) is 0 Å². The molecular formula is C24H25F4N7O. The molecule has 0 aliphatic carbocycles. The van der Waals surface area contributed by atoms with Crippen LogP contribution >= 0.6 is 0 Å². The van der Waals surface area contributed by atoms with Gasteiger partial charge in [-0.25, -0.2) is 14.2 Å². The minimum atomic E-state index is -4.62. The number of rotatable bonds is 3. The first-order valence-electron chi connectivity index (χ1n) is 11.5. The number of carbonyl (C=O) groups is 1. The number of hydrogen-bond acceptors (Lipinski definition) is 5. The molecule has 0 bridgehead atoms. The van der Waals surface area contributed by atoms with Gasteiger partial charge < -0.3 is 16.0 Å². The van der Waals surface area contributed by atoms with Crippen molar-refractivity contribution in [1.82, 2.24) is 30.0 Å². The number of aryl methyl sites for hydroxylation is 1. The van der Waals surface area contributed by atoms with Gasteiger partial charge >= 0.3 is 12.2 Å². The number of alkyl halides is 3. The Morgan fingerprint density at radius 3 is 2.56 bits per heavy atom. The van der Waals surface area contributed by atoms with Gasteiger partial charge in [0.2, 0.25) is 0 Å². The van der Waals surface area contributed by atoms with Gasteiger partial charge in [0.15, 0.2) is 0 Å². The summed E-state index contributed by atoms with van der Waals surface area (Å²) in [5.74, 6) is -1.03. The first kappa shape index (κ1) is 24.0. The summed E-state index contributed by atoms with van der Waals surface area (Å²) in [7, 11) is 0. The Morgan fingerprint density at radius 2 is 1.86 bits per heavy atom. The van der Waals surface area contributed by atoms with Gasteiger partial charge in [-0.2, -0.15) is 18.3 Å². The van der Waals surface area contributed by atoms with E-state index in [1.165, 1.54) is 18.3 Å². The van der Waals surface area contributed by atoms with Crippen LogP contribution in [0.4, 0.5) is 28.2 Å². The van der Waals surface area contributed by atoms with Crippen molar-refractivity contribution in [3.63, 3.8) is 0 Å². The Morgan fingerprint density at radius 1 is 1.11 bits per heavy atom. The average Bonchev–Trinajstić information content (AvgIpc) is 3.50. The predicted molar refractivity (Wildman–Crippen MR) is 123 cm³/mol. The van der Waals surface area contributed by atoms with Gasteiger partial charge in [-0.3, -0.25) is 9.67 Å². The molecule has 0 saturated carbocycles. The maximum absolute atomic E-state index is 13.3. The lowest BCUT2D eigenvalue weighted by Gasteiger charge is -2.30. The van der Waals surface area contributed by atoms with E-state index in [9.17, 15) is 22.4 Å². The highest BCUT2D eigenvalue weighted by atomic mass is 19.4. The fourth-order valence-electron chi connectivity index (χ4n) is 5.06. The largest absolute Gasteiger partial charge is 0.419 e. The number of aromatic nitrogens is 4.